The largest absolute Gasteiger partial charge is 0.396 e. The molecule has 2 saturated carbocycles. The molecule has 2 amide bonds. The van der Waals surface area contributed by atoms with Crippen molar-refractivity contribution in [3.63, 3.8) is 0 Å². The number of hydrogen-bond acceptors (Lipinski definition) is 2. The van der Waals surface area contributed by atoms with Gasteiger partial charge in [-0.1, -0.05) is 20.3 Å². The second kappa shape index (κ2) is 6.12. The molecule has 4 nitrogen and oxygen atoms in total. The summed E-state index contributed by atoms with van der Waals surface area (Å²) in [7, 11) is 0. The van der Waals surface area contributed by atoms with E-state index in [9.17, 15) is 4.79 Å². The normalized spacial score (nSPS) is 33.9. The Labute approximate surface area is 116 Å². The third-order valence-electron chi connectivity index (χ3n) is 5.00. The van der Waals surface area contributed by atoms with Gasteiger partial charge in [-0.3, -0.25) is 0 Å². The van der Waals surface area contributed by atoms with Gasteiger partial charge in [-0.25, -0.2) is 4.79 Å². The lowest BCUT2D eigenvalue weighted by atomic mass is 9.86. The number of carbonyl (C=O) groups is 1. The molecule has 3 N–H and O–H groups in total. The van der Waals surface area contributed by atoms with E-state index in [1.54, 1.807) is 0 Å². The molecule has 2 aliphatic rings. The van der Waals surface area contributed by atoms with Gasteiger partial charge in [0.15, 0.2) is 0 Å². The summed E-state index contributed by atoms with van der Waals surface area (Å²) in [6.07, 6.45) is 7.53. The molecule has 2 fully saturated rings. The Hall–Kier alpha value is -0.770. The molecule has 0 aliphatic heterocycles. The maximum absolute atomic E-state index is 12.0. The standard InChI is InChI=1S/C15H28N2O2/c1-15(2)9-3-4-13(15)17-14(19)16-12-7-5-11(10-18)6-8-12/h11-13,18H,3-10H2,1-2H3,(H2,16,17,19). The summed E-state index contributed by atoms with van der Waals surface area (Å²) in [6, 6.07) is 0.584. The van der Waals surface area contributed by atoms with Gasteiger partial charge in [0.2, 0.25) is 0 Å². The van der Waals surface area contributed by atoms with Crippen molar-refractivity contribution < 1.29 is 9.90 Å². The molecule has 0 aromatic rings. The van der Waals surface area contributed by atoms with Gasteiger partial charge < -0.3 is 15.7 Å². The van der Waals surface area contributed by atoms with Gasteiger partial charge >= 0.3 is 6.03 Å². The zero-order valence-corrected chi connectivity index (χ0v) is 12.2. The van der Waals surface area contributed by atoms with E-state index in [0.29, 0.717) is 12.0 Å². The summed E-state index contributed by atoms with van der Waals surface area (Å²) < 4.78 is 0. The van der Waals surface area contributed by atoms with E-state index < -0.39 is 0 Å². The highest BCUT2D eigenvalue weighted by molar-refractivity contribution is 5.74. The number of urea groups is 1. The van der Waals surface area contributed by atoms with Crippen molar-refractivity contribution in [1.29, 1.82) is 0 Å². The number of aliphatic hydroxyl groups excluding tert-OH is 1. The van der Waals surface area contributed by atoms with Crippen LogP contribution in [0.15, 0.2) is 0 Å². The molecule has 1 unspecified atom stereocenters. The highest BCUT2D eigenvalue weighted by atomic mass is 16.3. The number of carbonyl (C=O) groups excluding carboxylic acids is 1. The number of amides is 2. The first-order chi connectivity index (χ1) is 9.01. The van der Waals surface area contributed by atoms with Gasteiger partial charge in [-0.15, -0.1) is 0 Å². The lowest BCUT2D eigenvalue weighted by Gasteiger charge is -2.31. The summed E-state index contributed by atoms with van der Waals surface area (Å²) in [6.45, 7) is 4.75. The fraction of sp³-hybridized carbons (Fsp3) is 0.933. The van der Waals surface area contributed by atoms with Crippen LogP contribution < -0.4 is 10.6 Å². The van der Waals surface area contributed by atoms with Crippen molar-refractivity contribution in [3.8, 4) is 0 Å². The minimum atomic E-state index is -0.00702. The smallest absolute Gasteiger partial charge is 0.315 e. The number of nitrogens with one attached hydrogen (secondary N) is 2. The summed E-state index contributed by atoms with van der Waals surface area (Å²) >= 11 is 0. The van der Waals surface area contributed by atoms with Crippen molar-refractivity contribution >= 4 is 6.03 Å². The molecule has 0 radical (unpaired) electrons. The van der Waals surface area contributed by atoms with Gasteiger partial charge in [-0.2, -0.15) is 0 Å². The topological polar surface area (TPSA) is 61.4 Å². The van der Waals surface area contributed by atoms with Crippen LogP contribution in [0.4, 0.5) is 4.79 Å². The van der Waals surface area contributed by atoms with Crippen LogP contribution in [-0.4, -0.2) is 29.8 Å². The maximum Gasteiger partial charge on any atom is 0.315 e. The molecular formula is C15H28N2O2. The Kier molecular flexibility index (Phi) is 4.71. The molecule has 4 heteroatoms. The quantitative estimate of drug-likeness (QED) is 0.736. The van der Waals surface area contributed by atoms with E-state index >= 15 is 0 Å². The SMILES string of the molecule is CC1(C)CCCC1NC(=O)NC1CCC(CO)CC1. The first-order valence-corrected chi connectivity index (χ1v) is 7.69. The third kappa shape index (κ3) is 3.85. The summed E-state index contributed by atoms with van der Waals surface area (Å²) in [5.74, 6) is 0.440. The van der Waals surface area contributed by atoms with Crippen LogP contribution in [-0.2, 0) is 0 Å². The Balaban J connectivity index is 1.73. The first kappa shape index (κ1) is 14.6. The van der Waals surface area contributed by atoms with E-state index in [4.69, 9.17) is 5.11 Å². The lowest BCUT2D eigenvalue weighted by molar-refractivity contribution is 0.172. The summed E-state index contributed by atoms with van der Waals surface area (Å²) in [4.78, 5) is 12.0. The molecule has 0 saturated heterocycles. The lowest BCUT2D eigenvalue weighted by Crippen LogP contribution is -2.50. The van der Waals surface area contributed by atoms with Crippen molar-refractivity contribution in [1.82, 2.24) is 10.6 Å². The van der Waals surface area contributed by atoms with Crippen molar-refractivity contribution in [3.05, 3.63) is 0 Å². The molecule has 0 aromatic carbocycles. The molecule has 110 valence electrons. The fourth-order valence-corrected chi connectivity index (χ4v) is 3.47. The second-order valence-corrected chi connectivity index (χ2v) is 6.95. The van der Waals surface area contributed by atoms with Crippen LogP contribution in [0.25, 0.3) is 0 Å². The first-order valence-electron chi connectivity index (χ1n) is 7.69. The van der Waals surface area contributed by atoms with Gasteiger partial charge in [0.1, 0.15) is 0 Å². The van der Waals surface area contributed by atoms with Crippen LogP contribution in [0, 0.1) is 11.3 Å². The van der Waals surface area contributed by atoms with Crippen LogP contribution in [0.5, 0.6) is 0 Å². The summed E-state index contributed by atoms with van der Waals surface area (Å²) in [5.41, 5.74) is 0.228. The molecule has 19 heavy (non-hydrogen) atoms. The summed E-state index contributed by atoms with van der Waals surface area (Å²) in [5, 5.41) is 15.3. The van der Waals surface area contributed by atoms with Crippen molar-refractivity contribution in [2.24, 2.45) is 11.3 Å². The number of rotatable bonds is 3. The van der Waals surface area contributed by atoms with Crippen molar-refractivity contribution in [2.75, 3.05) is 6.61 Å². The Bertz CT molecular complexity index is 309. The van der Waals surface area contributed by atoms with Gasteiger partial charge in [-0.05, 0) is 49.9 Å². The average molecular weight is 268 g/mol. The van der Waals surface area contributed by atoms with Crippen LogP contribution in [0.1, 0.15) is 58.8 Å². The molecule has 0 spiro atoms. The fourth-order valence-electron chi connectivity index (χ4n) is 3.47. The molecule has 0 aromatic heterocycles. The number of aliphatic hydroxyl groups is 1. The minimum absolute atomic E-state index is 0.00702. The molecular weight excluding hydrogens is 240 g/mol. The van der Waals surface area contributed by atoms with Gasteiger partial charge in [0.25, 0.3) is 0 Å². The Morgan fingerprint density at radius 2 is 1.84 bits per heavy atom. The molecule has 2 aliphatic carbocycles. The van der Waals surface area contributed by atoms with E-state index in [0.717, 1.165) is 32.1 Å². The van der Waals surface area contributed by atoms with Gasteiger partial charge in [0.05, 0.1) is 0 Å². The molecule has 0 heterocycles. The van der Waals surface area contributed by atoms with E-state index in [1.165, 1.54) is 12.8 Å². The highest BCUT2D eigenvalue weighted by Crippen LogP contribution is 2.37. The highest BCUT2D eigenvalue weighted by Gasteiger charge is 2.35. The Morgan fingerprint density at radius 1 is 1.16 bits per heavy atom. The predicted octanol–water partition coefficient (Wildman–Crippen LogP) is 2.42. The maximum atomic E-state index is 12.0. The average Bonchev–Trinajstić information content (AvgIpc) is 2.69. The van der Waals surface area contributed by atoms with E-state index in [-0.39, 0.29) is 24.1 Å². The Morgan fingerprint density at radius 3 is 2.37 bits per heavy atom. The zero-order valence-electron chi connectivity index (χ0n) is 12.2. The minimum Gasteiger partial charge on any atom is -0.396 e. The van der Waals surface area contributed by atoms with E-state index in [1.807, 2.05) is 0 Å². The van der Waals surface area contributed by atoms with E-state index in [2.05, 4.69) is 24.5 Å². The predicted molar refractivity (Wildman–Crippen MR) is 75.9 cm³/mol. The van der Waals surface area contributed by atoms with Crippen LogP contribution >= 0.6 is 0 Å². The monoisotopic (exact) mass is 268 g/mol. The van der Waals surface area contributed by atoms with Gasteiger partial charge in [0, 0.05) is 18.7 Å². The zero-order chi connectivity index (χ0) is 13.9. The van der Waals surface area contributed by atoms with Crippen LogP contribution in [0.3, 0.4) is 0 Å². The third-order valence-corrected chi connectivity index (χ3v) is 5.00. The molecule has 1 atom stereocenters. The van der Waals surface area contributed by atoms with Crippen LogP contribution in [0.2, 0.25) is 0 Å². The molecule has 0 bridgehead atoms. The van der Waals surface area contributed by atoms with Crippen molar-refractivity contribution in [2.45, 2.75) is 70.9 Å². The second-order valence-electron chi connectivity index (χ2n) is 6.95. The number of hydrogen-bond donors (Lipinski definition) is 3. The molecule has 2 rings (SSSR count).